The van der Waals surface area contributed by atoms with Gasteiger partial charge in [-0.15, -0.1) is 0 Å². The number of hydrogen-bond acceptors (Lipinski definition) is 3. The molecule has 0 aromatic heterocycles. The van der Waals surface area contributed by atoms with Crippen molar-refractivity contribution in [1.82, 2.24) is 0 Å². The summed E-state index contributed by atoms with van der Waals surface area (Å²) in [5, 5.41) is 2.16. The Balaban J connectivity index is 2.58. The van der Waals surface area contributed by atoms with Crippen molar-refractivity contribution in [2.75, 3.05) is 5.32 Å². The van der Waals surface area contributed by atoms with Gasteiger partial charge in [-0.1, -0.05) is 18.2 Å². The SMILES string of the molecule is O=S([O-])C(F)Nc1ccccc1. The second-order valence-corrected chi connectivity index (χ2v) is 3.02. The fraction of sp³-hybridized carbons (Fsp3) is 0.143. The molecule has 1 rings (SSSR count). The van der Waals surface area contributed by atoms with E-state index in [9.17, 15) is 13.2 Å². The van der Waals surface area contributed by atoms with E-state index < -0.39 is 16.7 Å². The second kappa shape index (κ2) is 4.18. The zero-order valence-corrected chi connectivity index (χ0v) is 6.88. The molecular formula is C7H7FNO2S-. The highest BCUT2D eigenvalue weighted by atomic mass is 32.2. The van der Waals surface area contributed by atoms with E-state index in [2.05, 4.69) is 5.32 Å². The van der Waals surface area contributed by atoms with Crippen LogP contribution in [0.2, 0.25) is 0 Å². The van der Waals surface area contributed by atoms with Crippen molar-refractivity contribution in [3.05, 3.63) is 30.3 Å². The van der Waals surface area contributed by atoms with Crippen molar-refractivity contribution in [2.45, 2.75) is 5.63 Å². The molecular weight excluding hydrogens is 181 g/mol. The topological polar surface area (TPSA) is 52.2 Å². The van der Waals surface area contributed by atoms with Gasteiger partial charge in [-0.05, 0) is 12.1 Å². The molecule has 0 fully saturated rings. The number of para-hydroxylation sites is 1. The van der Waals surface area contributed by atoms with Crippen LogP contribution in [0, 0.1) is 0 Å². The number of nitrogens with one attached hydrogen (secondary N) is 1. The molecule has 2 atom stereocenters. The minimum absolute atomic E-state index is 0.439. The van der Waals surface area contributed by atoms with Gasteiger partial charge in [-0.3, -0.25) is 4.21 Å². The summed E-state index contributed by atoms with van der Waals surface area (Å²) in [5.74, 6) is 0. The maximum Gasteiger partial charge on any atom is 0.233 e. The van der Waals surface area contributed by atoms with Gasteiger partial charge in [0.05, 0.1) is 0 Å². The highest BCUT2D eigenvalue weighted by molar-refractivity contribution is 7.79. The van der Waals surface area contributed by atoms with Crippen molar-refractivity contribution in [3.8, 4) is 0 Å². The third-order valence-corrected chi connectivity index (χ3v) is 1.68. The quantitative estimate of drug-likeness (QED) is 0.573. The Morgan fingerprint density at radius 2 is 2.00 bits per heavy atom. The van der Waals surface area contributed by atoms with Crippen LogP contribution < -0.4 is 5.32 Å². The molecule has 0 saturated heterocycles. The maximum atomic E-state index is 12.5. The molecule has 0 aliphatic carbocycles. The molecule has 12 heavy (non-hydrogen) atoms. The van der Waals surface area contributed by atoms with Gasteiger partial charge < -0.3 is 9.87 Å². The van der Waals surface area contributed by atoms with Gasteiger partial charge in [0.1, 0.15) is 0 Å². The molecule has 0 heterocycles. The highest BCUT2D eigenvalue weighted by Crippen LogP contribution is 2.08. The molecule has 0 spiro atoms. The first kappa shape index (κ1) is 9.15. The summed E-state index contributed by atoms with van der Waals surface area (Å²) in [7, 11) is 0. The Morgan fingerprint density at radius 3 is 2.50 bits per heavy atom. The molecule has 1 N–H and O–H groups in total. The van der Waals surface area contributed by atoms with E-state index in [1.807, 2.05) is 0 Å². The number of benzene rings is 1. The normalized spacial score (nSPS) is 15.2. The fourth-order valence-electron chi connectivity index (χ4n) is 0.714. The predicted molar refractivity (Wildman–Crippen MR) is 43.9 cm³/mol. The summed E-state index contributed by atoms with van der Waals surface area (Å²) in [6, 6.07) is 8.29. The van der Waals surface area contributed by atoms with Crippen LogP contribution in [0.5, 0.6) is 0 Å². The number of hydrogen-bond donors (Lipinski definition) is 1. The van der Waals surface area contributed by atoms with Crippen molar-refractivity contribution in [3.63, 3.8) is 0 Å². The first-order chi connectivity index (χ1) is 5.70. The molecule has 0 bridgehead atoms. The van der Waals surface area contributed by atoms with Gasteiger partial charge in [-0.25, -0.2) is 4.39 Å². The summed E-state index contributed by atoms with van der Waals surface area (Å²) >= 11 is -2.74. The van der Waals surface area contributed by atoms with Crippen LogP contribution >= 0.6 is 0 Å². The lowest BCUT2D eigenvalue weighted by Crippen LogP contribution is -2.18. The van der Waals surface area contributed by atoms with Gasteiger partial charge in [-0.2, -0.15) is 0 Å². The Hall–Kier alpha value is -0.940. The maximum absolute atomic E-state index is 12.5. The third-order valence-electron chi connectivity index (χ3n) is 1.22. The summed E-state index contributed by atoms with van der Waals surface area (Å²) in [6.07, 6.45) is 0. The van der Waals surface area contributed by atoms with Crippen LogP contribution in [-0.2, 0) is 11.1 Å². The predicted octanol–water partition coefficient (Wildman–Crippen LogP) is 1.23. The molecule has 0 aliphatic rings. The van der Waals surface area contributed by atoms with Gasteiger partial charge >= 0.3 is 0 Å². The fourth-order valence-corrected chi connectivity index (χ4v) is 0.946. The van der Waals surface area contributed by atoms with E-state index in [-0.39, 0.29) is 0 Å². The smallest absolute Gasteiger partial charge is 0.233 e. The lowest BCUT2D eigenvalue weighted by molar-refractivity contribution is 0.430. The van der Waals surface area contributed by atoms with Crippen molar-refractivity contribution < 1.29 is 13.2 Å². The highest BCUT2D eigenvalue weighted by Gasteiger charge is 2.03. The molecule has 2 unspecified atom stereocenters. The Morgan fingerprint density at radius 1 is 1.42 bits per heavy atom. The molecule has 0 radical (unpaired) electrons. The molecule has 1 aromatic carbocycles. The minimum Gasteiger partial charge on any atom is -0.769 e. The molecule has 66 valence electrons. The molecule has 5 heteroatoms. The van der Waals surface area contributed by atoms with Crippen LogP contribution in [-0.4, -0.2) is 14.4 Å². The largest absolute Gasteiger partial charge is 0.769 e. The van der Waals surface area contributed by atoms with E-state index >= 15 is 0 Å². The zero-order chi connectivity index (χ0) is 8.97. The van der Waals surface area contributed by atoms with E-state index in [4.69, 9.17) is 0 Å². The van der Waals surface area contributed by atoms with Crippen LogP contribution in [0.25, 0.3) is 0 Å². The van der Waals surface area contributed by atoms with Crippen LogP contribution in [0.4, 0.5) is 10.1 Å². The van der Waals surface area contributed by atoms with Gasteiger partial charge in [0.2, 0.25) is 5.63 Å². The molecule has 0 saturated carbocycles. The summed E-state index contributed by atoms with van der Waals surface area (Å²) < 4.78 is 32.6. The Labute approximate surface area is 71.9 Å². The van der Waals surface area contributed by atoms with Gasteiger partial charge in [0.15, 0.2) is 0 Å². The number of alkyl halides is 1. The van der Waals surface area contributed by atoms with Crippen molar-refractivity contribution in [1.29, 1.82) is 0 Å². The minimum atomic E-state index is -2.74. The van der Waals surface area contributed by atoms with E-state index in [1.54, 1.807) is 30.3 Å². The lowest BCUT2D eigenvalue weighted by Gasteiger charge is -2.13. The Bertz CT molecular complexity index is 267. The molecule has 0 aliphatic heterocycles. The van der Waals surface area contributed by atoms with E-state index in [1.165, 1.54) is 0 Å². The van der Waals surface area contributed by atoms with Crippen LogP contribution in [0.15, 0.2) is 30.3 Å². The first-order valence-corrected chi connectivity index (χ1v) is 4.37. The molecule has 0 amide bonds. The number of rotatable bonds is 3. The average Bonchev–Trinajstić information content (AvgIpc) is 2.06. The van der Waals surface area contributed by atoms with Crippen LogP contribution in [0.1, 0.15) is 0 Å². The summed E-state index contributed by atoms with van der Waals surface area (Å²) in [4.78, 5) is 0. The first-order valence-electron chi connectivity index (χ1n) is 3.24. The Kier molecular flexibility index (Phi) is 3.19. The van der Waals surface area contributed by atoms with Crippen LogP contribution in [0.3, 0.4) is 0 Å². The second-order valence-electron chi connectivity index (χ2n) is 2.09. The zero-order valence-electron chi connectivity index (χ0n) is 6.07. The molecule has 3 nitrogen and oxygen atoms in total. The van der Waals surface area contributed by atoms with E-state index in [0.29, 0.717) is 5.69 Å². The third kappa shape index (κ3) is 2.60. The summed E-state index contributed by atoms with van der Waals surface area (Å²) in [6.45, 7) is 0. The monoisotopic (exact) mass is 188 g/mol. The van der Waals surface area contributed by atoms with E-state index in [0.717, 1.165) is 0 Å². The number of halogens is 1. The number of anilines is 1. The average molecular weight is 188 g/mol. The van der Waals surface area contributed by atoms with Crippen molar-refractivity contribution >= 4 is 16.8 Å². The molecule has 1 aromatic rings. The van der Waals surface area contributed by atoms with Crippen molar-refractivity contribution in [2.24, 2.45) is 0 Å². The lowest BCUT2D eigenvalue weighted by atomic mass is 10.3. The summed E-state index contributed by atoms with van der Waals surface area (Å²) in [5.41, 5.74) is -1.61. The van der Waals surface area contributed by atoms with Gasteiger partial charge in [0.25, 0.3) is 0 Å². The van der Waals surface area contributed by atoms with Gasteiger partial charge in [0, 0.05) is 16.8 Å². The standard InChI is InChI=1S/C7H8FNO2S/c8-7(12(10)11)9-6-4-2-1-3-5-6/h1-5,7,9H,(H,10,11)/p-1.